The molecule has 0 heterocycles. The number of unbranched alkanes of at least 4 members (excludes halogenated alkanes) is 1. The number of hydrogen-bond acceptors (Lipinski definition) is 1. The molecule has 2 aromatic carbocycles. The predicted molar refractivity (Wildman–Crippen MR) is 106 cm³/mol. The van der Waals surface area contributed by atoms with Gasteiger partial charge in [0.1, 0.15) is 0 Å². The molecule has 0 fully saturated rings. The lowest BCUT2D eigenvalue weighted by Gasteiger charge is -2.19. The van der Waals surface area contributed by atoms with Gasteiger partial charge in [-0.25, -0.2) is 0 Å². The summed E-state index contributed by atoms with van der Waals surface area (Å²) in [5.74, 6) is 0.501. The van der Waals surface area contributed by atoms with Gasteiger partial charge in [0.05, 0.1) is 0 Å². The molecule has 1 heteroatoms. The third-order valence-electron chi connectivity index (χ3n) is 5.29. The van der Waals surface area contributed by atoms with Crippen molar-refractivity contribution in [3.05, 3.63) is 64.7 Å². The molecule has 24 heavy (non-hydrogen) atoms. The number of fused-ring (bicyclic) bond motifs is 1. The molecule has 0 aromatic heterocycles. The maximum absolute atomic E-state index is 3.66. The molecule has 0 saturated heterocycles. The Morgan fingerprint density at radius 3 is 2.54 bits per heavy atom. The predicted octanol–water partition coefficient (Wildman–Crippen LogP) is 6.10. The Balaban J connectivity index is 2.07. The van der Waals surface area contributed by atoms with Crippen LogP contribution in [0.25, 0.3) is 16.3 Å². The summed E-state index contributed by atoms with van der Waals surface area (Å²) in [4.78, 5) is 0. The molecule has 1 N–H and O–H groups in total. The summed E-state index contributed by atoms with van der Waals surface area (Å²) < 4.78 is 0. The molecule has 126 valence electrons. The van der Waals surface area contributed by atoms with Crippen LogP contribution in [-0.2, 0) is 6.54 Å². The molecular formula is C23H29N. The van der Waals surface area contributed by atoms with E-state index in [4.69, 9.17) is 0 Å². The van der Waals surface area contributed by atoms with Crippen molar-refractivity contribution < 1.29 is 0 Å². The van der Waals surface area contributed by atoms with E-state index in [2.05, 4.69) is 75.5 Å². The van der Waals surface area contributed by atoms with E-state index in [0.717, 1.165) is 13.1 Å². The van der Waals surface area contributed by atoms with E-state index in [0.29, 0.717) is 5.92 Å². The highest BCUT2D eigenvalue weighted by Gasteiger charge is 2.22. The van der Waals surface area contributed by atoms with Crippen LogP contribution in [0, 0.1) is 5.92 Å². The Kier molecular flexibility index (Phi) is 5.20. The van der Waals surface area contributed by atoms with Crippen LogP contribution < -0.4 is 5.32 Å². The molecular weight excluding hydrogens is 290 g/mol. The zero-order valence-corrected chi connectivity index (χ0v) is 15.4. The molecule has 1 aliphatic carbocycles. The van der Waals surface area contributed by atoms with Gasteiger partial charge in [0, 0.05) is 12.5 Å². The van der Waals surface area contributed by atoms with Gasteiger partial charge in [-0.05, 0) is 59.9 Å². The van der Waals surface area contributed by atoms with Crippen LogP contribution in [0.1, 0.15) is 51.7 Å². The Morgan fingerprint density at radius 1 is 1.04 bits per heavy atom. The molecule has 1 aliphatic rings. The molecule has 1 atom stereocenters. The molecule has 0 amide bonds. The van der Waals surface area contributed by atoms with E-state index in [1.165, 1.54) is 51.5 Å². The summed E-state index contributed by atoms with van der Waals surface area (Å²) in [6.07, 6.45) is 4.87. The first kappa shape index (κ1) is 17.0. The third-order valence-corrected chi connectivity index (χ3v) is 5.29. The van der Waals surface area contributed by atoms with Crippen molar-refractivity contribution in [3.63, 3.8) is 0 Å². The average molecular weight is 319 g/mol. The van der Waals surface area contributed by atoms with Crippen molar-refractivity contribution >= 4 is 16.3 Å². The van der Waals surface area contributed by atoms with E-state index < -0.39 is 0 Å². The number of hydrogen-bond donors (Lipinski definition) is 1. The minimum Gasteiger partial charge on any atom is -0.313 e. The van der Waals surface area contributed by atoms with E-state index >= 15 is 0 Å². The zero-order chi connectivity index (χ0) is 17.1. The van der Waals surface area contributed by atoms with Crippen molar-refractivity contribution in [1.82, 2.24) is 5.32 Å². The number of benzene rings is 2. The second-order valence-corrected chi connectivity index (χ2v) is 7.02. The quantitative estimate of drug-likeness (QED) is 0.634. The highest BCUT2D eigenvalue weighted by Crippen LogP contribution is 2.40. The van der Waals surface area contributed by atoms with E-state index in [-0.39, 0.29) is 0 Å². The molecule has 0 spiro atoms. The normalized spacial score (nSPS) is 17.7. The monoisotopic (exact) mass is 319 g/mol. The van der Waals surface area contributed by atoms with Crippen molar-refractivity contribution in [2.45, 2.75) is 47.1 Å². The zero-order valence-electron chi connectivity index (χ0n) is 15.4. The van der Waals surface area contributed by atoms with E-state index in [1.807, 2.05) is 0 Å². The van der Waals surface area contributed by atoms with Crippen molar-refractivity contribution in [2.75, 3.05) is 6.54 Å². The van der Waals surface area contributed by atoms with Gasteiger partial charge >= 0.3 is 0 Å². The van der Waals surface area contributed by atoms with Crippen LogP contribution >= 0.6 is 0 Å². The molecule has 3 rings (SSSR count). The van der Waals surface area contributed by atoms with Crippen LogP contribution in [0.5, 0.6) is 0 Å². The first-order valence-corrected chi connectivity index (χ1v) is 9.24. The topological polar surface area (TPSA) is 12.0 Å². The van der Waals surface area contributed by atoms with Crippen molar-refractivity contribution in [3.8, 4) is 0 Å². The molecule has 1 nitrogen and oxygen atoms in total. The summed E-state index contributed by atoms with van der Waals surface area (Å²) in [5, 5.41) is 6.38. The fraction of sp³-hybridized carbons (Fsp3) is 0.391. The summed E-state index contributed by atoms with van der Waals surface area (Å²) in [7, 11) is 0. The summed E-state index contributed by atoms with van der Waals surface area (Å²) in [6.45, 7) is 11.1. The first-order valence-electron chi connectivity index (χ1n) is 9.24. The van der Waals surface area contributed by atoms with Gasteiger partial charge in [-0.1, -0.05) is 68.3 Å². The maximum atomic E-state index is 3.66. The fourth-order valence-electron chi connectivity index (χ4n) is 3.88. The second-order valence-electron chi connectivity index (χ2n) is 7.02. The van der Waals surface area contributed by atoms with Crippen LogP contribution in [0.15, 0.2) is 53.6 Å². The smallest absolute Gasteiger partial charge is 0.0217 e. The third kappa shape index (κ3) is 3.18. The number of nitrogens with one attached hydrogen (secondary N) is 1. The van der Waals surface area contributed by atoms with Crippen LogP contribution in [0.4, 0.5) is 0 Å². The molecule has 0 saturated carbocycles. The summed E-state index contributed by atoms with van der Waals surface area (Å²) in [5.41, 5.74) is 7.26. The SMILES string of the molecule is CCCCNCc1c(C2=C(C)C(C)=CC2C)ccc2ccccc12. The van der Waals surface area contributed by atoms with Gasteiger partial charge < -0.3 is 5.32 Å². The molecule has 0 bridgehead atoms. The second kappa shape index (κ2) is 7.36. The van der Waals surface area contributed by atoms with Gasteiger partial charge in [0.15, 0.2) is 0 Å². The van der Waals surface area contributed by atoms with Gasteiger partial charge in [0.2, 0.25) is 0 Å². The largest absolute Gasteiger partial charge is 0.313 e. The highest BCUT2D eigenvalue weighted by molar-refractivity contribution is 5.92. The fourth-order valence-corrected chi connectivity index (χ4v) is 3.88. The van der Waals surface area contributed by atoms with Crippen LogP contribution in [0.2, 0.25) is 0 Å². The Hall–Kier alpha value is -1.86. The van der Waals surface area contributed by atoms with E-state index in [1.54, 1.807) is 0 Å². The first-order chi connectivity index (χ1) is 11.6. The Labute approximate surface area is 146 Å². The lowest BCUT2D eigenvalue weighted by atomic mass is 9.88. The average Bonchev–Trinajstić information content (AvgIpc) is 2.84. The highest BCUT2D eigenvalue weighted by atomic mass is 14.8. The van der Waals surface area contributed by atoms with Gasteiger partial charge in [-0.3, -0.25) is 0 Å². The molecule has 0 radical (unpaired) electrons. The van der Waals surface area contributed by atoms with Gasteiger partial charge in [-0.2, -0.15) is 0 Å². The minimum absolute atomic E-state index is 0.501. The van der Waals surface area contributed by atoms with Crippen LogP contribution in [-0.4, -0.2) is 6.54 Å². The number of allylic oxidation sites excluding steroid dienone is 4. The minimum atomic E-state index is 0.501. The van der Waals surface area contributed by atoms with Crippen molar-refractivity contribution in [2.24, 2.45) is 5.92 Å². The van der Waals surface area contributed by atoms with E-state index in [9.17, 15) is 0 Å². The maximum Gasteiger partial charge on any atom is 0.0217 e. The van der Waals surface area contributed by atoms with Crippen LogP contribution in [0.3, 0.4) is 0 Å². The van der Waals surface area contributed by atoms with Gasteiger partial charge in [0.25, 0.3) is 0 Å². The number of rotatable bonds is 6. The molecule has 1 unspecified atom stereocenters. The Morgan fingerprint density at radius 2 is 1.83 bits per heavy atom. The standard InChI is InChI=1S/C23H29N/c1-5-6-13-24-15-22-20-10-8-7-9-19(20)11-12-21(22)23-17(3)14-16(2)18(23)4/h7-12,14,17,24H,5-6,13,15H2,1-4H3. The Bertz CT molecular complexity index is 795. The molecule has 2 aromatic rings. The summed E-state index contributed by atoms with van der Waals surface area (Å²) in [6, 6.07) is 13.4. The van der Waals surface area contributed by atoms with Gasteiger partial charge in [-0.15, -0.1) is 0 Å². The molecule has 0 aliphatic heterocycles. The van der Waals surface area contributed by atoms with Crippen molar-refractivity contribution in [1.29, 1.82) is 0 Å². The lowest BCUT2D eigenvalue weighted by molar-refractivity contribution is 0.642. The summed E-state index contributed by atoms with van der Waals surface area (Å²) >= 11 is 0. The lowest BCUT2D eigenvalue weighted by Crippen LogP contribution is -2.16.